The summed E-state index contributed by atoms with van der Waals surface area (Å²) in [5, 5.41) is 10.2. The summed E-state index contributed by atoms with van der Waals surface area (Å²) in [6.45, 7) is 5.84. The lowest BCUT2D eigenvalue weighted by atomic mass is 9.86. The quantitative estimate of drug-likeness (QED) is 0.940. The number of nitrogens with zero attached hydrogens (tertiary/aromatic N) is 3. The number of fused-ring (bicyclic) bond motifs is 1. The summed E-state index contributed by atoms with van der Waals surface area (Å²) in [5.41, 5.74) is 3.39. The van der Waals surface area contributed by atoms with E-state index in [1.807, 2.05) is 13.2 Å². The first-order valence-corrected chi connectivity index (χ1v) is 8.28. The summed E-state index contributed by atoms with van der Waals surface area (Å²) in [7, 11) is 2.04. The molecule has 0 aromatic carbocycles. The molecule has 1 aliphatic rings. The van der Waals surface area contributed by atoms with Crippen molar-refractivity contribution in [3.63, 3.8) is 0 Å². The van der Waals surface area contributed by atoms with E-state index >= 15 is 0 Å². The fourth-order valence-electron chi connectivity index (χ4n) is 3.82. The molecule has 0 bridgehead atoms. The molecule has 2 atom stereocenters. The molecule has 1 aliphatic heterocycles. The van der Waals surface area contributed by atoms with Gasteiger partial charge in [0.05, 0.1) is 0 Å². The van der Waals surface area contributed by atoms with E-state index in [1.54, 1.807) is 0 Å². The monoisotopic (exact) mass is 315 g/mol. The Morgan fingerprint density at radius 1 is 1.43 bits per heavy atom. The molecule has 2 aromatic rings. The van der Waals surface area contributed by atoms with E-state index in [0.29, 0.717) is 18.3 Å². The molecular weight excluding hydrogens is 290 g/mol. The molecule has 2 aromatic heterocycles. The van der Waals surface area contributed by atoms with E-state index in [0.717, 1.165) is 25.2 Å². The second-order valence-corrected chi connectivity index (χ2v) is 6.92. The first-order chi connectivity index (χ1) is 11.0. The van der Waals surface area contributed by atoms with Crippen molar-refractivity contribution in [3.05, 3.63) is 24.0 Å². The number of hydrogen-bond donors (Lipinski definition) is 1. The minimum Gasteiger partial charge on any atom is -0.389 e. The first kappa shape index (κ1) is 16.0. The third kappa shape index (κ3) is 3.11. The van der Waals surface area contributed by atoms with Crippen LogP contribution in [-0.4, -0.2) is 40.1 Å². The summed E-state index contributed by atoms with van der Waals surface area (Å²) in [5.74, 6) is 0.791. The van der Waals surface area contributed by atoms with E-state index < -0.39 is 0 Å². The van der Waals surface area contributed by atoms with Crippen LogP contribution in [0.25, 0.3) is 11.0 Å². The highest BCUT2D eigenvalue weighted by Gasteiger charge is 2.27. The van der Waals surface area contributed by atoms with Gasteiger partial charge in [-0.3, -0.25) is 4.79 Å². The minimum atomic E-state index is -0.345. The summed E-state index contributed by atoms with van der Waals surface area (Å²) in [6.07, 6.45) is 3.38. The Kier molecular flexibility index (Phi) is 4.39. The molecule has 1 fully saturated rings. The molecule has 23 heavy (non-hydrogen) atoms. The van der Waals surface area contributed by atoms with Crippen LogP contribution in [0, 0.1) is 18.8 Å². The normalized spacial score (nSPS) is 21.8. The van der Waals surface area contributed by atoms with E-state index in [-0.39, 0.29) is 12.4 Å². The number of carbonyl (C=O) groups excluding carboxylic acids is 1. The number of rotatable bonds is 4. The van der Waals surface area contributed by atoms with Crippen LogP contribution < -0.4 is 4.90 Å². The van der Waals surface area contributed by atoms with Crippen molar-refractivity contribution in [2.45, 2.75) is 26.7 Å². The largest absolute Gasteiger partial charge is 0.389 e. The number of aliphatic hydroxyl groups excluding tert-OH is 1. The Balaban J connectivity index is 1.91. The summed E-state index contributed by atoms with van der Waals surface area (Å²) in [6, 6.07) is 4.26. The lowest BCUT2D eigenvalue weighted by Gasteiger charge is -2.38. The van der Waals surface area contributed by atoms with Gasteiger partial charge in [-0.05, 0) is 37.3 Å². The maximum Gasteiger partial charge on any atom is 0.158 e. The number of aromatic nitrogens is 2. The van der Waals surface area contributed by atoms with Gasteiger partial charge in [-0.15, -0.1) is 0 Å². The lowest BCUT2D eigenvalue weighted by Crippen LogP contribution is -2.40. The van der Waals surface area contributed by atoms with Gasteiger partial charge in [-0.25, -0.2) is 4.98 Å². The van der Waals surface area contributed by atoms with Crippen LogP contribution in [0.2, 0.25) is 0 Å². The van der Waals surface area contributed by atoms with Crippen molar-refractivity contribution in [2.75, 3.05) is 24.6 Å². The molecule has 3 rings (SSSR count). The van der Waals surface area contributed by atoms with Crippen LogP contribution in [0.3, 0.4) is 0 Å². The first-order valence-electron chi connectivity index (χ1n) is 8.28. The number of piperidine rings is 1. The molecule has 0 amide bonds. The number of aryl methyl sites for hydroxylation is 2. The molecule has 0 saturated carbocycles. The van der Waals surface area contributed by atoms with Gasteiger partial charge in [0.2, 0.25) is 0 Å². The highest BCUT2D eigenvalue weighted by molar-refractivity contribution is 5.91. The van der Waals surface area contributed by atoms with Crippen molar-refractivity contribution in [3.8, 4) is 0 Å². The summed E-state index contributed by atoms with van der Waals surface area (Å²) in [4.78, 5) is 18.5. The Morgan fingerprint density at radius 3 is 2.96 bits per heavy atom. The predicted molar refractivity (Wildman–Crippen MR) is 91.6 cm³/mol. The van der Waals surface area contributed by atoms with Crippen LogP contribution in [0.4, 0.5) is 5.69 Å². The van der Waals surface area contributed by atoms with Gasteiger partial charge in [0.15, 0.2) is 5.78 Å². The molecule has 0 unspecified atom stereocenters. The highest BCUT2D eigenvalue weighted by atomic mass is 16.3. The van der Waals surface area contributed by atoms with Crippen LogP contribution >= 0.6 is 0 Å². The van der Waals surface area contributed by atoms with Gasteiger partial charge in [0.25, 0.3) is 0 Å². The van der Waals surface area contributed by atoms with Crippen molar-refractivity contribution < 1.29 is 9.90 Å². The van der Waals surface area contributed by atoms with E-state index in [2.05, 4.69) is 40.4 Å². The predicted octanol–water partition coefficient (Wildman–Crippen LogP) is 2.30. The molecule has 0 radical (unpaired) electrons. The Labute approximate surface area is 136 Å². The molecule has 1 N–H and O–H groups in total. The van der Waals surface area contributed by atoms with Crippen molar-refractivity contribution >= 4 is 22.5 Å². The zero-order chi connectivity index (χ0) is 16.6. The van der Waals surface area contributed by atoms with Gasteiger partial charge in [0.1, 0.15) is 12.3 Å². The Morgan fingerprint density at radius 2 is 2.22 bits per heavy atom. The maximum absolute atomic E-state index is 11.6. The Bertz CT molecular complexity index is 722. The molecule has 1 saturated heterocycles. The van der Waals surface area contributed by atoms with Crippen molar-refractivity contribution in [2.24, 2.45) is 18.9 Å². The van der Waals surface area contributed by atoms with E-state index in [1.165, 1.54) is 16.8 Å². The molecule has 5 nitrogen and oxygen atoms in total. The van der Waals surface area contributed by atoms with E-state index in [9.17, 15) is 4.79 Å². The van der Waals surface area contributed by atoms with Gasteiger partial charge in [-0.2, -0.15) is 0 Å². The number of ketones is 1. The summed E-state index contributed by atoms with van der Waals surface area (Å²) < 4.78 is 2.11. The second-order valence-electron chi connectivity index (χ2n) is 6.92. The molecule has 124 valence electrons. The number of carbonyl (C=O) groups is 1. The fraction of sp³-hybridized carbons (Fsp3) is 0.556. The standard InChI is InChI=1S/C18H25N3O2/c1-12-6-14(8-15(23)11-22)10-21(9-12)17-4-5-19-18-16(17)7-13(2)20(18)3/h4-5,7,12,14,22H,6,8-11H2,1-3H3/t12-,14-/m0/s1. The van der Waals surface area contributed by atoms with Crippen LogP contribution in [0.1, 0.15) is 25.5 Å². The SMILES string of the molecule is Cc1cc2c(N3C[C@@H](C)C[C@@H](CC(=O)CO)C3)ccnc2n1C. The number of aliphatic hydroxyl groups is 1. The van der Waals surface area contributed by atoms with Gasteiger partial charge in [-0.1, -0.05) is 6.92 Å². The third-order valence-electron chi connectivity index (χ3n) is 4.93. The average Bonchev–Trinajstić information content (AvgIpc) is 2.81. The number of Topliss-reactive ketones (excluding diaryl/α,β-unsaturated/α-hetero) is 1. The number of pyridine rings is 1. The lowest BCUT2D eigenvalue weighted by molar-refractivity contribution is -0.122. The second kappa shape index (κ2) is 6.32. The van der Waals surface area contributed by atoms with Crippen molar-refractivity contribution in [1.82, 2.24) is 9.55 Å². The minimum absolute atomic E-state index is 0.0560. The number of hydrogen-bond acceptors (Lipinski definition) is 4. The molecular formula is C18H25N3O2. The maximum atomic E-state index is 11.6. The third-order valence-corrected chi connectivity index (χ3v) is 4.93. The molecule has 0 spiro atoms. The topological polar surface area (TPSA) is 58.4 Å². The molecule has 5 heteroatoms. The molecule has 0 aliphatic carbocycles. The smallest absolute Gasteiger partial charge is 0.158 e. The fourth-order valence-corrected chi connectivity index (χ4v) is 3.82. The average molecular weight is 315 g/mol. The van der Waals surface area contributed by atoms with Gasteiger partial charge in [0, 0.05) is 49.5 Å². The van der Waals surface area contributed by atoms with E-state index in [4.69, 9.17) is 5.11 Å². The van der Waals surface area contributed by atoms with Crippen molar-refractivity contribution in [1.29, 1.82) is 0 Å². The Hall–Kier alpha value is -1.88. The van der Waals surface area contributed by atoms with Crippen LogP contribution in [0.5, 0.6) is 0 Å². The summed E-state index contributed by atoms with van der Waals surface area (Å²) >= 11 is 0. The van der Waals surface area contributed by atoms with Crippen LogP contribution in [-0.2, 0) is 11.8 Å². The molecule has 3 heterocycles. The zero-order valence-electron chi connectivity index (χ0n) is 14.1. The highest BCUT2D eigenvalue weighted by Crippen LogP contribution is 2.33. The number of anilines is 1. The van der Waals surface area contributed by atoms with Gasteiger partial charge >= 0.3 is 0 Å². The van der Waals surface area contributed by atoms with Gasteiger partial charge < -0.3 is 14.6 Å². The van der Waals surface area contributed by atoms with Crippen LogP contribution in [0.15, 0.2) is 18.3 Å². The zero-order valence-corrected chi connectivity index (χ0v) is 14.1.